The van der Waals surface area contributed by atoms with Crippen LogP contribution in [-0.2, 0) is 4.74 Å². The number of hydrogen-bond donors (Lipinski definition) is 0. The Morgan fingerprint density at radius 3 is 2.55 bits per heavy atom. The summed E-state index contributed by atoms with van der Waals surface area (Å²) in [4.78, 5) is 0. The first-order chi connectivity index (χ1) is 13.8. The van der Waals surface area contributed by atoms with Gasteiger partial charge in [0.05, 0.1) is 7.11 Å². The van der Waals surface area contributed by atoms with Crippen molar-refractivity contribution in [3.63, 3.8) is 0 Å². The lowest BCUT2D eigenvalue weighted by atomic mass is 9.46. The molecule has 0 aliphatic heterocycles. The zero-order valence-electron chi connectivity index (χ0n) is 20.1. The molecule has 0 N–H and O–H groups in total. The van der Waals surface area contributed by atoms with Crippen molar-refractivity contribution >= 4 is 0 Å². The Bertz CT molecular complexity index is 657. The third-order valence-corrected chi connectivity index (χ3v) is 10.2. The van der Waals surface area contributed by atoms with E-state index in [1.165, 1.54) is 70.0 Å². The van der Waals surface area contributed by atoms with Gasteiger partial charge >= 0.3 is 0 Å². The Morgan fingerprint density at radius 2 is 1.83 bits per heavy atom. The van der Waals surface area contributed by atoms with Crippen LogP contribution in [0.25, 0.3) is 0 Å². The molecule has 3 fully saturated rings. The van der Waals surface area contributed by atoms with Gasteiger partial charge in [0.2, 0.25) is 0 Å². The fourth-order valence-corrected chi connectivity index (χ4v) is 8.71. The molecule has 4 rings (SSSR count). The summed E-state index contributed by atoms with van der Waals surface area (Å²) >= 11 is 0. The van der Waals surface area contributed by atoms with E-state index in [-0.39, 0.29) is 0 Å². The van der Waals surface area contributed by atoms with E-state index in [0.717, 1.165) is 35.5 Å². The lowest BCUT2D eigenvalue weighted by Crippen LogP contribution is -2.50. The van der Waals surface area contributed by atoms with E-state index < -0.39 is 0 Å². The van der Waals surface area contributed by atoms with E-state index in [2.05, 4.69) is 46.8 Å². The van der Waals surface area contributed by atoms with Crippen LogP contribution in [0, 0.1) is 46.3 Å². The van der Waals surface area contributed by atoms with Gasteiger partial charge in [-0.1, -0.05) is 60.0 Å². The standard InChI is InChI=1S/C28H46O/c1-19(2)9-7-10-20(3)22-14-15-23-21-12-13-25-26(29-6)11-8-17-27(25,4)24(21)16-18-28(22,23)5/h8,11,19-24H,7,9-10,12-18H2,1-6H3/t20-,21+,22-,23+,24+,27-,28-/m1/s1. The van der Waals surface area contributed by atoms with Gasteiger partial charge in [-0.05, 0) is 103 Å². The topological polar surface area (TPSA) is 9.23 Å². The monoisotopic (exact) mass is 398 g/mol. The molecule has 0 aromatic rings. The fourth-order valence-electron chi connectivity index (χ4n) is 8.71. The third-order valence-electron chi connectivity index (χ3n) is 10.2. The molecule has 0 bridgehead atoms. The average molecular weight is 399 g/mol. The molecule has 0 saturated heterocycles. The number of methoxy groups -OCH3 is 1. The number of rotatable bonds is 6. The second kappa shape index (κ2) is 8.08. The quantitative estimate of drug-likeness (QED) is 0.438. The third kappa shape index (κ3) is 3.53. The van der Waals surface area contributed by atoms with Crippen LogP contribution in [0.1, 0.15) is 98.8 Å². The van der Waals surface area contributed by atoms with Crippen molar-refractivity contribution in [2.45, 2.75) is 98.8 Å². The Hall–Kier alpha value is -0.720. The summed E-state index contributed by atoms with van der Waals surface area (Å²) in [5.74, 6) is 6.70. The minimum Gasteiger partial charge on any atom is -0.497 e. The molecule has 29 heavy (non-hydrogen) atoms. The molecular formula is C28H46O. The number of ether oxygens (including phenoxy) is 1. The lowest BCUT2D eigenvalue weighted by molar-refractivity contribution is -0.0564. The number of hydrogen-bond acceptors (Lipinski definition) is 1. The highest BCUT2D eigenvalue weighted by molar-refractivity contribution is 5.34. The highest BCUT2D eigenvalue weighted by Gasteiger charge is 2.59. The van der Waals surface area contributed by atoms with Gasteiger partial charge in [0, 0.05) is 0 Å². The van der Waals surface area contributed by atoms with Crippen LogP contribution in [0.4, 0.5) is 0 Å². The van der Waals surface area contributed by atoms with Crippen LogP contribution >= 0.6 is 0 Å². The highest BCUT2D eigenvalue weighted by Crippen LogP contribution is 2.67. The van der Waals surface area contributed by atoms with Gasteiger partial charge in [0.15, 0.2) is 0 Å². The molecular weight excluding hydrogens is 352 g/mol. The second-order valence-corrected chi connectivity index (χ2v) is 12.0. The smallest absolute Gasteiger partial charge is 0.118 e. The van der Waals surface area contributed by atoms with Crippen LogP contribution in [0.15, 0.2) is 23.5 Å². The van der Waals surface area contributed by atoms with Crippen LogP contribution in [0.3, 0.4) is 0 Å². The van der Waals surface area contributed by atoms with Gasteiger partial charge in [0.25, 0.3) is 0 Å². The zero-order valence-corrected chi connectivity index (χ0v) is 20.1. The maximum Gasteiger partial charge on any atom is 0.118 e. The van der Waals surface area contributed by atoms with E-state index in [9.17, 15) is 0 Å². The van der Waals surface area contributed by atoms with Gasteiger partial charge < -0.3 is 4.74 Å². The minimum atomic E-state index is 0.352. The molecule has 164 valence electrons. The van der Waals surface area contributed by atoms with Crippen molar-refractivity contribution in [2.24, 2.45) is 46.3 Å². The van der Waals surface area contributed by atoms with Gasteiger partial charge in [-0.25, -0.2) is 0 Å². The predicted molar refractivity (Wildman–Crippen MR) is 124 cm³/mol. The van der Waals surface area contributed by atoms with Crippen molar-refractivity contribution in [3.8, 4) is 0 Å². The average Bonchev–Trinajstić information content (AvgIpc) is 3.03. The molecule has 3 saturated carbocycles. The van der Waals surface area contributed by atoms with Gasteiger partial charge in [-0.3, -0.25) is 0 Å². The molecule has 0 radical (unpaired) electrons. The summed E-state index contributed by atoms with van der Waals surface area (Å²) in [5, 5.41) is 0. The van der Waals surface area contributed by atoms with Crippen LogP contribution in [0.5, 0.6) is 0 Å². The summed E-state index contributed by atoms with van der Waals surface area (Å²) in [6.07, 6.45) is 18.7. The Morgan fingerprint density at radius 1 is 1.03 bits per heavy atom. The SMILES string of the molecule is COC1=C2CC[C@H]3[C@@H]4CC[C@H]([C@H](C)CCCC(C)C)[C@@]4(C)CC[C@@H]3[C@@]2(C)CC=C1. The van der Waals surface area contributed by atoms with E-state index in [1.807, 2.05) is 7.11 Å². The maximum atomic E-state index is 5.81. The molecule has 1 heteroatoms. The molecule has 0 spiro atoms. The van der Waals surface area contributed by atoms with Crippen molar-refractivity contribution in [3.05, 3.63) is 23.5 Å². The first-order valence-electron chi connectivity index (χ1n) is 12.8. The predicted octanol–water partition coefficient (Wildman–Crippen LogP) is 8.17. The Kier molecular flexibility index (Phi) is 6.00. The molecule has 4 aliphatic rings. The molecule has 0 amide bonds. The number of fused-ring (bicyclic) bond motifs is 5. The molecule has 0 aromatic heterocycles. The van der Waals surface area contributed by atoms with Crippen molar-refractivity contribution in [2.75, 3.05) is 7.11 Å². The minimum absolute atomic E-state index is 0.352. The van der Waals surface area contributed by atoms with Gasteiger partial charge in [0.1, 0.15) is 5.76 Å². The normalized spacial score (nSPS) is 42.4. The molecule has 4 aliphatic carbocycles. The second-order valence-electron chi connectivity index (χ2n) is 12.0. The maximum absolute atomic E-state index is 5.81. The van der Waals surface area contributed by atoms with E-state index in [0.29, 0.717) is 10.8 Å². The van der Waals surface area contributed by atoms with Crippen LogP contribution in [-0.4, -0.2) is 7.11 Å². The number of allylic oxidation sites excluding steroid dienone is 3. The first kappa shape index (κ1) is 21.5. The van der Waals surface area contributed by atoms with E-state index in [1.54, 1.807) is 5.57 Å². The van der Waals surface area contributed by atoms with Crippen LogP contribution < -0.4 is 0 Å². The largest absolute Gasteiger partial charge is 0.497 e. The van der Waals surface area contributed by atoms with E-state index in [4.69, 9.17) is 4.74 Å². The van der Waals surface area contributed by atoms with Gasteiger partial charge in [-0.2, -0.15) is 0 Å². The highest BCUT2D eigenvalue weighted by atomic mass is 16.5. The fraction of sp³-hybridized carbons (Fsp3) is 0.857. The molecule has 0 aromatic carbocycles. The Labute approximate surface area is 180 Å². The van der Waals surface area contributed by atoms with Crippen molar-refractivity contribution < 1.29 is 4.74 Å². The molecule has 0 heterocycles. The summed E-state index contributed by atoms with van der Waals surface area (Å²) in [6.45, 7) is 12.6. The summed E-state index contributed by atoms with van der Waals surface area (Å²) in [6, 6.07) is 0. The summed E-state index contributed by atoms with van der Waals surface area (Å²) < 4.78 is 5.81. The van der Waals surface area contributed by atoms with Crippen molar-refractivity contribution in [1.29, 1.82) is 0 Å². The van der Waals surface area contributed by atoms with Gasteiger partial charge in [-0.15, -0.1) is 0 Å². The van der Waals surface area contributed by atoms with E-state index >= 15 is 0 Å². The zero-order chi connectivity index (χ0) is 20.8. The molecule has 0 unspecified atom stereocenters. The summed E-state index contributed by atoms with van der Waals surface area (Å²) in [5.41, 5.74) is 2.60. The molecule has 1 nitrogen and oxygen atoms in total. The first-order valence-corrected chi connectivity index (χ1v) is 12.8. The van der Waals surface area contributed by atoms with Crippen molar-refractivity contribution in [1.82, 2.24) is 0 Å². The Balaban J connectivity index is 1.51. The molecule has 7 atom stereocenters. The lowest BCUT2D eigenvalue weighted by Gasteiger charge is -2.58. The van der Waals surface area contributed by atoms with Crippen LogP contribution in [0.2, 0.25) is 0 Å². The summed E-state index contributed by atoms with van der Waals surface area (Å²) in [7, 11) is 1.87.